The van der Waals surface area contributed by atoms with Gasteiger partial charge in [0.1, 0.15) is 17.9 Å². The molecule has 0 heterocycles. The normalized spacial score (nSPS) is 13.1. The molecule has 3 amide bonds. The smallest absolute Gasteiger partial charge is 0.271 e. The third-order valence-electron chi connectivity index (χ3n) is 6.67. The van der Waals surface area contributed by atoms with Crippen LogP contribution in [0.4, 0.5) is 14.5 Å². The molecule has 1 aromatic rings. The summed E-state index contributed by atoms with van der Waals surface area (Å²) in [5, 5.41) is 10.3. The Labute approximate surface area is 271 Å². The van der Waals surface area contributed by atoms with E-state index in [4.69, 9.17) is 4.74 Å². The van der Waals surface area contributed by atoms with Crippen LogP contribution in [0.5, 0.6) is 0 Å². The van der Waals surface area contributed by atoms with E-state index in [1.807, 2.05) is 34.6 Å². The molecule has 0 aromatic heterocycles. The van der Waals surface area contributed by atoms with Gasteiger partial charge in [-0.25, -0.2) is 8.78 Å². The lowest BCUT2D eigenvalue weighted by molar-refractivity contribution is -0.144. The highest BCUT2D eigenvalue weighted by Crippen LogP contribution is 2.25. The zero-order chi connectivity index (χ0) is 35.6. The first-order chi connectivity index (χ1) is 21.0. The first kappa shape index (κ1) is 39.6. The Morgan fingerprint density at radius 2 is 1.57 bits per heavy atom. The molecule has 9 nitrogen and oxygen atoms in total. The second-order valence-corrected chi connectivity index (χ2v) is 13.4. The molecule has 11 heteroatoms. The molecule has 1 aromatic carbocycles. The fourth-order valence-corrected chi connectivity index (χ4v) is 4.01. The molecule has 1 atom stereocenters. The number of hydrogen-bond donors (Lipinski definition) is 4. The van der Waals surface area contributed by atoms with Gasteiger partial charge in [0, 0.05) is 18.3 Å². The average molecular weight is 643 g/mol. The Morgan fingerprint density at radius 1 is 0.957 bits per heavy atom. The fraction of sp³-hybridized carbons (Fsp3) is 0.429. The molecule has 0 saturated carbocycles. The molecule has 0 aliphatic rings. The maximum absolute atomic E-state index is 14.6. The number of anilines is 1. The zero-order valence-electron chi connectivity index (χ0n) is 28.4. The molecule has 0 radical (unpaired) electrons. The summed E-state index contributed by atoms with van der Waals surface area (Å²) in [6.07, 6.45) is 5.57. The summed E-state index contributed by atoms with van der Waals surface area (Å²) in [5.41, 5.74) is -1.47. The molecule has 46 heavy (non-hydrogen) atoms. The van der Waals surface area contributed by atoms with Gasteiger partial charge in [-0.1, -0.05) is 58.2 Å². The lowest BCUT2D eigenvalue weighted by Crippen LogP contribution is -2.49. The van der Waals surface area contributed by atoms with Crippen molar-refractivity contribution >= 4 is 29.7 Å². The van der Waals surface area contributed by atoms with Gasteiger partial charge < -0.3 is 30.8 Å². The van der Waals surface area contributed by atoms with Crippen LogP contribution in [-0.4, -0.2) is 47.8 Å². The van der Waals surface area contributed by atoms with Crippen molar-refractivity contribution in [3.63, 3.8) is 0 Å². The second-order valence-electron chi connectivity index (χ2n) is 13.4. The summed E-state index contributed by atoms with van der Waals surface area (Å²) in [4.78, 5) is 49.5. The van der Waals surface area contributed by atoms with Gasteiger partial charge in [-0.2, -0.15) is 0 Å². The molecule has 4 N–H and O–H groups in total. The van der Waals surface area contributed by atoms with Gasteiger partial charge in [-0.05, 0) is 64.7 Å². The number of rotatable bonds is 16. The molecular formula is C35H48F2N4O5. The number of nitrogens with one attached hydrogen (secondary N) is 4. The number of allylic oxidation sites excluding steroid dienone is 5. The molecular weight excluding hydrogens is 594 g/mol. The van der Waals surface area contributed by atoms with Crippen LogP contribution in [0.15, 0.2) is 72.6 Å². The molecule has 252 valence electrons. The van der Waals surface area contributed by atoms with Crippen LogP contribution in [0.25, 0.3) is 0 Å². The van der Waals surface area contributed by atoms with Gasteiger partial charge in [0.05, 0.1) is 40.6 Å². The average Bonchev–Trinajstić information content (AvgIpc) is 2.89. The number of benzene rings is 1. The summed E-state index contributed by atoms with van der Waals surface area (Å²) in [6.45, 7) is 27.4. The van der Waals surface area contributed by atoms with Crippen LogP contribution in [0.1, 0.15) is 79.1 Å². The highest BCUT2D eigenvalue weighted by Gasteiger charge is 2.33. The number of hydrogen-bond acceptors (Lipinski definition) is 6. The summed E-state index contributed by atoms with van der Waals surface area (Å²) in [7, 11) is 0. The van der Waals surface area contributed by atoms with Crippen LogP contribution in [0, 0.1) is 17.0 Å². The SMILES string of the molecule is C=C(/C=C\C=C(/C)C(=C)C)NC(=O)c1cc(NC(=O)C(=C)NCC(C)(C)OC(C)(C)CC(=O)NC(C=O)C(C)(C)C)c(F)cc1F. The molecule has 0 spiro atoms. The minimum Gasteiger partial charge on any atom is -0.378 e. The first-order valence-electron chi connectivity index (χ1n) is 14.7. The summed E-state index contributed by atoms with van der Waals surface area (Å²) in [6, 6.07) is 0.707. The largest absolute Gasteiger partial charge is 0.378 e. The van der Waals surface area contributed by atoms with Crippen molar-refractivity contribution in [2.24, 2.45) is 5.41 Å². The van der Waals surface area contributed by atoms with Gasteiger partial charge in [0.15, 0.2) is 0 Å². The quantitative estimate of drug-likeness (QED) is 0.0993. The Kier molecular flexibility index (Phi) is 14.0. The van der Waals surface area contributed by atoms with E-state index < -0.39 is 57.4 Å². The maximum atomic E-state index is 14.6. The molecule has 0 fully saturated rings. The van der Waals surface area contributed by atoms with Gasteiger partial charge in [0.25, 0.3) is 11.8 Å². The van der Waals surface area contributed by atoms with E-state index in [2.05, 4.69) is 41.0 Å². The van der Waals surface area contributed by atoms with Gasteiger partial charge in [0.2, 0.25) is 5.91 Å². The monoisotopic (exact) mass is 642 g/mol. The van der Waals surface area contributed by atoms with Crippen molar-refractivity contribution in [3.8, 4) is 0 Å². The Balaban J connectivity index is 2.86. The predicted octanol–water partition coefficient (Wildman–Crippen LogP) is 6.02. The number of carbonyl (C=O) groups is 4. The molecule has 0 aliphatic heterocycles. The Bertz CT molecular complexity index is 1430. The molecule has 0 saturated heterocycles. The Hall–Kier alpha value is -4.38. The summed E-state index contributed by atoms with van der Waals surface area (Å²) < 4.78 is 35.2. The van der Waals surface area contributed by atoms with Crippen LogP contribution in [0.2, 0.25) is 0 Å². The van der Waals surface area contributed by atoms with Gasteiger partial charge in [-0.3, -0.25) is 14.4 Å². The second kappa shape index (κ2) is 16.3. The summed E-state index contributed by atoms with van der Waals surface area (Å²) in [5.74, 6) is -4.31. The highest BCUT2D eigenvalue weighted by atomic mass is 19.1. The first-order valence-corrected chi connectivity index (χ1v) is 14.7. The molecule has 1 unspecified atom stereocenters. The van der Waals surface area contributed by atoms with E-state index >= 15 is 0 Å². The maximum Gasteiger partial charge on any atom is 0.271 e. The fourth-order valence-electron chi connectivity index (χ4n) is 4.01. The van der Waals surface area contributed by atoms with Crippen molar-refractivity contribution < 1.29 is 32.7 Å². The predicted molar refractivity (Wildman–Crippen MR) is 178 cm³/mol. The van der Waals surface area contributed by atoms with Crippen LogP contribution in [-0.2, 0) is 19.1 Å². The standard InChI is InChI=1S/C35H48F2N4O5/c1-21(2)22(3)14-13-15-23(4)39-32(45)25-16-28(27(37)17-26(25)36)40-31(44)24(5)38-20-35(11,12)46-34(9,10)18-30(43)41-29(19-42)33(6,7)8/h13-17,19,29,38H,1,4-5,18,20H2,2-3,6-12H3,(H,39,45)(H,40,44)(H,41,43)/b15-13-,22-14+. The number of ether oxygens (including phenoxy) is 1. The topological polar surface area (TPSA) is 126 Å². The van der Waals surface area contributed by atoms with E-state index in [0.29, 0.717) is 12.4 Å². The van der Waals surface area contributed by atoms with E-state index in [0.717, 1.165) is 17.2 Å². The van der Waals surface area contributed by atoms with Crippen molar-refractivity contribution in [2.75, 3.05) is 11.9 Å². The van der Waals surface area contributed by atoms with Crippen molar-refractivity contribution in [2.45, 2.75) is 86.0 Å². The Morgan fingerprint density at radius 3 is 2.11 bits per heavy atom. The van der Waals surface area contributed by atoms with Crippen LogP contribution in [0.3, 0.4) is 0 Å². The van der Waals surface area contributed by atoms with Crippen molar-refractivity contribution in [1.29, 1.82) is 0 Å². The van der Waals surface area contributed by atoms with Crippen LogP contribution >= 0.6 is 0 Å². The van der Waals surface area contributed by atoms with E-state index in [-0.39, 0.29) is 30.3 Å². The number of amides is 3. The minimum atomic E-state index is -1.13. The molecule has 1 rings (SSSR count). The molecule has 0 bridgehead atoms. The van der Waals surface area contributed by atoms with E-state index in [9.17, 15) is 28.0 Å². The zero-order valence-corrected chi connectivity index (χ0v) is 28.4. The van der Waals surface area contributed by atoms with Gasteiger partial charge >= 0.3 is 0 Å². The third kappa shape index (κ3) is 13.3. The van der Waals surface area contributed by atoms with Crippen molar-refractivity contribution in [3.05, 3.63) is 89.8 Å². The number of aldehydes is 1. The third-order valence-corrected chi connectivity index (χ3v) is 6.67. The van der Waals surface area contributed by atoms with E-state index in [1.165, 1.54) is 6.08 Å². The lowest BCUT2D eigenvalue weighted by atomic mass is 9.87. The lowest BCUT2D eigenvalue weighted by Gasteiger charge is -2.37. The highest BCUT2D eigenvalue weighted by molar-refractivity contribution is 6.04. The van der Waals surface area contributed by atoms with Gasteiger partial charge in [-0.15, -0.1) is 0 Å². The number of carbonyl (C=O) groups excluding carboxylic acids is 4. The number of halogens is 2. The van der Waals surface area contributed by atoms with Crippen molar-refractivity contribution in [1.82, 2.24) is 16.0 Å². The summed E-state index contributed by atoms with van der Waals surface area (Å²) >= 11 is 0. The van der Waals surface area contributed by atoms with E-state index in [1.54, 1.807) is 39.8 Å². The minimum absolute atomic E-state index is 0.0343. The molecule has 0 aliphatic carbocycles. The van der Waals surface area contributed by atoms with Crippen LogP contribution < -0.4 is 21.3 Å².